The van der Waals surface area contributed by atoms with Crippen LogP contribution in [0, 0.1) is 6.92 Å². The number of anilines is 1. The number of carbonyl (C=O) groups is 1. The van der Waals surface area contributed by atoms with Gasteiger partial charge in [-0.2, -0.15) is 5.10 Å². The van der Waals surface area contributed by atoms with E-state index in [1.807, 2.05) is 6.07 Å². The predicted octanol–water partition coefficient (Wildman–Crippen LogP) is 2.85. The molecule has 2 aromatic rings. The zero-order valence-corrected chi connectivity index (χ0v) is 13.2. The number of hydrogen-bond acceptors (Lipinski definition) is 3. The fraction of sp³-hybridized carbons (Fsp3) is 0.412. The van der Waals surface area contributed by atoms with Gasteiger partial charge in [-0.3, -0.25) is 4.79 Å². The van der Waals surface area contributed by atoms with Crippen LogP contribution < -0.4 is 11.5 Å². The zero-order valence-electron chi connectivity index (χ0n) is 13.2. The summed E-state index contributed by atoms with van der Waals surface area (Å²) in [6.07, 6.45) is 3.96. The van der Waals surface area contributed by atoms with Gasteiger partial charge < -0.3 is 11.5 Å². The number of primary amides is 1. The molecule has 1 amide bonds. The first-order valence-electron chi connectivity index (χ1n) is 7.72. The van der Waals surface area contributed by atoms with E-state index in [-0.39, 0.29) is 6.04 Å². The van der Waals surface area contributed by atoms with Gasteiger partial charge in [0.25, 0.3) is 5.91 Å². The van der Waals surface area contributed by atoms with E-state index in [1.165, 1.54) is 5.56 Å². The highest BCUT2D eigenvalue weighted by molar-refractivity contribution is 5.98. The summed E-state index contributed by atoms with van der Waals surface area (Å²) in [6.45, 7) is 3.87. The molecule has 0 saturated heterocycles. The molecule has 118 valence electrons. The molecule has 0 spiro atoms. The summed E-state index contributed by atoms with van der Waals surface area (Å²) in [4.78, 5) is 11.5. The number of nitrogen functional groups attached to an aromatic ring is 1. The molecule has 0 bridgehead atoms. The average Bonchev–Trinajstić information content (AvgIpc) is 2.79. The number of benzene rings is 1. The summed E-state index contributed by atoms with van der Waals surface area (Å²) in [5.41, 5.74) is 13.7. The quantitative estimate of drug-likeness (QED) is 0.824. The van der Waals surface area contributed by atoms with Crippen molar-refractivity contribution in [2.75, 3.05) is 5.73 Å². The van der Waals surface area contributed by atoms with Gasteiger partial charge in [0, 0.05) is 0 Å². The van der Waals surface area contributed by atoms with Crippen molar-refractivity contribution in [2.45, 2.75) is 45.6 Å². The van der Waals surface area contributed by atoms with Crippen LogP contribution in [-0.2, 0) is 6.42 Å². The van der Waals surface area contributed by atoms with Crippen LogP contribution >= 0.6 is 0 Å². The first-order chi connectivity index (χ1) is 10.5. The Balaban J connectivity index is 2.06. The van der Waals surface area contributed by atoms with Gasteiger partial charge in [-0.1, -0.05) is 37.3 Å². The van der Waals surface area contributed by atoms with Crippen LogP contribution in [0.15, 0.2) is 30.3 Å². The Bertz CT molecular complexity index is 634. The Morgan fingerprint density at radius 2 is 2.00 bits per heavy atom. The van der Waals surface area contributed by atoms with Gasteiger partial charge in [-0.15, -0.1) is 0 Å². The number of amides is 1. The molecule has 1 aromatic heterocycles. The minimum absolute atomic E-state index is 0.190. The lowest BCUT2D eigenvalue weighted by Gasteiger charge is -2.17. The lowest BCUT2D eigenvalue weighted by atomic mass is 10.0. The number of aryl methyl sites for hydroxylation is 2. The van der Waals surface area contributed by atoms with Crippen LogP contribution in [0.3, 0.4) is 0 Å². The van der Waals surface area contributed by atoms with Gasteiger partial charge >= 0.3 is 0 Å². The van der Waals surface area contributed by atoms with Gasteiger partial charge in [0.1, 0.15) is 11.4 Å². The highest BCUT2D eigenvalue weighted by Gasteiger charge is 2.21. The maximum Gasteiger partial charge on any atom is 0.254 e. The van der Waals surface area contributed by atoms with Crippen LogP contribution in [0.5, 0.6) is 0 Å². The van der Waals surface area contributed by atoms with Gasteiger partial charge in [0.2, 0.25) is 0 Å². The molecule has 0 aliphatic carbocycles. The predicted molar refractivity (Wildman–Crippen MR) is 88.6 cm³/mol. The van der Waals surface area contributed by atoms with Crippen molar-refractivity contribution < 1.29 is 4.79 Å². The van der Waals surface area contributed by atoms with Crippen LogP contribution in [0.25, 0.3) is 0 Å². The minimum atomic E-state index is -0.514. The van der Waals surface area contributed by atoms with E-state index in [4.69, 9.17) is 11.5 Å². The monoisotopic (exact) mass is 300 g/mol. The van der Waals surface area contributed by atoms with Gasteiger partial charge in [0.05, 0.1) is 11.7 Å². The molecule has 0 aliphatic heterocycles. The van der Waals surface area contributed by atoms with E-state index >= 15 is 0 Å². The lowest BCUT2D eigenvalue weighted by Crippen LogP contribution is -2.16. The minimum Gasteiger partial charge on any atom is -0.383 e. The van der Waals surface area contributed by atoms with Crippen LogP contribution in [-0.4, -0.2) is 15.7 Å². The third-order valence-electron chi connectivity index (χ3n) is 4.03. The average molecular weight is 300 g/mol. The second kappa shape index (κ2) is 7.11. The fourth-order valence-electron chi connectivity index (χ4n) is 2.83. The van der Waals surface area contributed by atoms with Gasteiger partial charge in [-0.05, 0) is 38.2 Å². The Hall–Kier alpha value is -2.30. The molecule has 0 fully saturated rings. The summed E-state index contributed by atoms with van der Waals surface area (Å²) in [7, 11) is 0. The van der Waals surface area contributed by atoms with Crippen molar-refractivity contribution in [3.05, 3.63) is 47.2 Å². The first-order valence-corrected chi connectivity index (χ1v) is 7.72. The molecule has 1 unspecified atom stereocenters. The Kier molecular flexibility index (Phi) is 5.20. The topological polar surface area (TPSA) is 86.9 Å². The molecule has 22 heavy (non-hydrogen) atoms. The van der Waals surface area contributed by atoms with E-state index < -0.39 is 5.91 Å². The number of hydrogen-bond donors (Lipinski definition) is 2. The third kappa shape index (κ3) is 3.47. The fourth-order valence-corrected chi connectivity index (χ4v) is 2.83. The largest absolute Gasteiger partial charge is 0.383 e. The zero-order chi connectivity index (χ0) is 16.1. The van der Waals surface area contributed by atoms with E-state index in [0.717, 1.165) is 25.7 Å². The van der Waals surface area contributed by atoms with Crippen molar-refractivity contribution in [1.82, 2.24) is 9.78 Å². The van der Waals surface area contributed by atoms with E-state index in [2.05, 4.69) is 36.3 Å². The second-order valence-electron chi connectivity index (χ2n) is 5.59. The molecule has 0 aliphatic rings. The second-order valence-corrected chi connectivity index (χ2v) is 5.59. The van der Waals surface area contributed by atoms with E-state index in [9.17, 15) is 4.79 Å². The summed E-state index contributed by atoms with van der Waals surface area (Å²) in [5, 5.41) is 4.42. The highest BCUT2D eigenvalue weighted by atomic mass is 16.1. The maximum absolute atomic E-state index is 11.5. The Morgan fingerprint density at radius 1 is 1.32 bits per heavy atom. The number of nitrogens with two attached hydrogens (primary N) is 2. The molecule has 5 nitrogen and oxygen atoms in total. The molecular weight excluding hydrogens is 276 g/mol. The standard InChI is InChI=1S/C17H24N4O/c1-3-14(11-7-10-13-8-5-4-6-9-13)21-16(18)15(17(19)22)12(2)20-21/h4-6,8-9,14H,3,7,10-11,18H2,1-2H3,(H2,19,22). The molecule has 1 heterocycles. The van der Waals surface area contributed by atoms with Crippen LogP contribution in [0.2, 0.25) is 0 Å². The number of carbonyl (C=O) groups excluding carboxylic acids is 1. The summed E-state index contributed by atoms with van der Waals surface area (Å²) < 4.78 is 1.76. The normalized spacial score (nSPS) is 12.3. The molecule has 4 N–H and O–H groups in total. The maximum atomic E-state index is 11.5. The molecule has 0 radical (unpaired) electrons. The van der Waals surface area contributed by atoms with Crippen molar-refractivity contribution in [1.29, 1.82) is 0 Å². The van der Waals surface area contributed by atoms with E-state index in [1.54, 1.807) is 11.6 Å². The van der Waals surface area contributed by atoms with Crippen molar-refractivity contribution in [2.24, 2.45) is 5.73 Å². The smallest absolute Gasteiger partial charge is 0.254 e. The number of nitrogens with zero attached hydrogens (tertiary/aromatic N) is 2. The van der Waals surface area contributed by atoms with Gasteiger partial charge in [0.15, 0.2) is 0 Å². The van der Waals surface area contributed by atoms with Crippen molar-refractivity contribution >= 4 is 11.7 Å². The molecule has 5 heteroatoms. The first kappa shape index (κ1) is 16.1. The summed E-state index contributed by atoms with van der Waals surface area (Å²) in [5.74, 6) is -0.128. The number of aromatic nitrogens is 2. The van der Waals surface area contributed by atoms with Crippen LogP contribution in [0.4, 0.5) is 5.82 Å². The Morgan fingerprint density at radius 3 is 2.55 bits per heavy atom. The molecule has 1 aromatic carbocycles. The summed E-state index contributed by atoms with van der Waals surface area (Å²) >= 11 is 0. The third-order valence-corrected chi connectivity index (χ3v) is 4.03. The van der Waals surface area contributed by atoms with Crippen LogP contribution in [0.1, 0.15) is 53.8 Å². The summed E-state index contributed by atoms with van der Waals surface area (Å²) in [6, 6.07) is 10.6. The highest BCUT2D eigenvalue weighted by Crippen LogP contribution is 2.25. The van der Waals surface area contributed by atoms with E-state index in [0.29, 0.717) is 17.1 Å². The lowest BCUT2D eigenvalue weighted by molar-refractivity contribution is 0.100. The molecule has 2 rings (SSSR count). The van der Waals surface area contributed by atoms with Crippen molar-refractivity contribution in [3.8, 4) is 0 Å². The SMILES string of the molecule is CCC(CCCc1ccccc1)n1nc(C)c(C(N)=O)c1N. The van der Waals surface area contributed by atoms with Crippen molar-refractivity contribution in [3.63, 3.8) is 0 Å². The molecule has 0 saturated carbocycles. The molecular formula is C17H24N4O. The Labute approximate surface area is 131 Å². The number of rotatable bonds is 7. The molecule has 1 atom stereocenters. The van der Waals surface area contributed by atoms with Gasteiger partial charge in [-0.25, -0.2) is 4.68 Å².